The van der Waals surface area contributed by atoms with E-state index in [1.54, 1.807) is 0 Å². The second-order valence-electron chi connectivity index (χ2n) is 5.26. The van der Waals surface area contributed by atoms with Gasteiger partial charge in [-0.15, -0.1) is 0 Å². The van der Waals surface area contributed by atoms with Crippen molar-refractivity contribution in [2.45, 2.75) is 44.5 Å². The molecule has 0 aliphatic carbocycles. The molecule has 3 heterocycles. The minimum Gasteiger partial charge on any atom is -0.373 e. The van der Waals surface area contributed by atoms with Gasteiger partial charge in [-0.05, 0) is 32.4 Å². The topological polar surface area (TPSA) is 56.3 Å². The Kier molecular flexibility index (Phi) is 3.37. The van der Waals surface area contributed by atoms with Crippen LogP contribution in [0.3, 0.4) is 0 Å². The fraction of sp³-hybridized carbons (Fsp3) is 0.769. The van der Waals surface area contributed by atoms with Crippen molar-refractivity contribution < 1.29 is 4.74 Å². The first kappa shape index (κ1) is 12.1. The van der Waals surface area contributed by atoms with Crippen LogP contribution in [0.5, 0.6) is 0 Å². The van der Waals surface area contributed by atoms with E-state index < -0.39 is 0 Å². The van der Waals surface area contributed by atoms with E-state index in [4.69, 9.17) is 10.5 Å². The average molecular weight is 250 g/mol. The molecule has 5 heteroatoms. The highest BCUT2D eigenvalue weighted by Gasteiger charge is 2.35. The molecule has 1 aromatic heterocycles. The average Bonchev–Trinajstić information content (AvgIpc) is 3.05. The third-order valence-electron chi connectivity index (χ3n) is 4.21. The molecule has 3 unspecified atom stereocenters. The molecule has 0 aromatic carbocycles. The molecule has 5 nitrogen and oxygen atoms in total. The van der Waals surface area contributed by atoms with E-state index in [9.17, 15) is 0 Å². The lowest BCUT2D eigenvalue weighted by Gasteiger charge is -2.37. The van der Waals surface area contributed by atoms with Crippen molar-refractivity contribution >= 4 is 0 Å². The second-order valence-corrected chi connectivity index (χ2v) is 5.26. The SMILES string of the molecule is CCn1nccc1C(N)C1CN2CCCC2CO1. The first-order valence-corrected chi connectivity index (χ1v) is 6.92. The molecule has 0 spiro atoms. The molecule has 2 N–H and O–H groups in total. The van der Waals surface area contributed by atoms with Crippen LogP contribution in [0.4, 0.5) is 0 Å². The van der Waals surface area contributed by atoms with Gasteiger partial charge in [0.05, 0.1) is 24.4 Å². The standard InChI is InChI=1S/C13H22N4O/c1-2-17-11(5-6-15-17)13(14)12-8-16-7-3-4-10(16)9-18-12/h5-6,10,12-13H,2-4,7-9,14H2,1H3. The Hall–Kier alpha value is -0.910. The number of aromatic nitrogens is 2. The maximum atomic E-state index is 6.36. The van der Waals surface area contributed by atoms with Crippen LogP contribution in [0.1, 0.15) is 31.5 Å². The molecule has 3 atom stereocenters. The molecule has 2 saturated heterocycles. The summed E-state index contributed by atoms with van der Waals surface area (Å²) in [5.74, 6) is 0. The van der Waals surface area contributed by atoms with Crippen molar-refractivity contribution in [3.8, 4) is 0 Å². The molecule has 1 aromatic rings. The normalized spacial score (nSPS) is 30.3. The number of fused-ring (bicyclic) bond motifs is 1. The lowest BCUT2D eigenvalue weighted by Crippen LogP contribution is -2.50. The Morgan fingerprint density at radius 3 is 3.33 bits per heavy atom. The molecule has 2 aliphatic heterocycles. The van der Waals surface area contributed by atoms with Gasteiger partial charge in [-0.2, -0.15) is 5.10 Å². The van der Waals surface area contributed by atoms with Crippen molar-refractivity contribution in [2.75, 3.05) is 19.7 Å². The zero-order chi connectivity index (χ0) is 12.5. The van der Waals surface area contributed by atoms with E-state index in [0.29, 0.717) is 6.04 Å². The minimum atomic E-state index is -0.0750. The lowest BCUT2D eigenvalue weighted by atomic mass is 10.1. The predicted molar refractivity (Wildman–Crippen MR) is 69.2 cm³/mol. The van der Waals surface area contributed by atoms with Crippen LogP contribution in [0.25, 0.3) is 0 Å². The van der Waals surface area contributed by atoms with Crippen LogP contribution in [0, 0.1) is 0 Å². The van der Waals surface area contributed by atoms with E-state index in [1.807, 2.05) is 16.9 Å². The minimum absolute atomic E-state index is 0.0750. The summed E-state index contributed by atoms with van der Waals surface area (Å²) in [6.07, 6.45) is 4.49. The number of aryl methyl sites for hydroxylation is 1. The summed E-state index contributed by atoms with van der Waals surface area (Å²) in [6, 6.07) is 2.56. The Balaban J connectivity index is 1.71. The van der Waals surface area contributed by atoms with Crippen LogP contribution < -0.4 is 5.73 Å². The lowest BCUT2D eigenvalue weighted by molar-refractivity contribution is -0.0607. The van der Waals surface area contributed by atoms with Crippen LogP contribution in [0.15, 0.2) is 12.3 Å². The van der Waals surface area contributed by atoms with Gasteiger partial charge in [0.2, 0.25) is 0 Å². The van der Waals surface area contributed by atoms with Gasteiger partial charge in [-0.1, -0.05) is 0 Å². The summed E-state index contributed by atoms with van der Waals surface area (Å²) in [6.45, 7) is 5.93. The Morgan fingerprint density at radius 2 is 2.50 bits per heavy atom. The highest BCUT2D eigenvalue weighted by molar-refractivity contribution is 5.09. The molecule has 0 bridgehead atoms. The van der Waals surface area contributed by atoms with E-state index in [-0.39, 0.29) is 12.1 Å². The number of nitrogens with zero attached hydrogens (tertiary/aromatic N) is 3. The largest absolute Gasteiger partial charge is 0.373 e. The summed E-state index contributed by atoms with van der Waals surface area (Å²) in [7, 11) is 0. The molecule has 2 fully saturated rings. The maximum absolute atomic E-state index is 6.36. The molecule has 0 amide bonds. The number of hydrogen-bond acceptors (Lipinski definition) is 4. The number of hydrogen-bond donors (Lipinski definition) is 1. The number of ether oxygens (including phenoxy) is 1. The molecule has 2 aliphatic rings. The zero-order valence-corrected chi connectivity index (χ0v) is 11.0. The summed E-state index contributed by atoms with van der Waals surface area (Å²) >= 11 is 0. The number of nitrogens with two attached hydrogens (primary N) is 1. The quantitative estimate of drug-likeness (QED) is 0.861. The van der Waals surface area contributed by atoms with Crippen LogP contribution in [-0.4, -0.2) is 46.5 Å². The van der Waals surface area contributed by atoms with Crippen molar-refractivity contribution in [2.24, 2.45) is 5.73 Å². The molecular formula is C13H22N4O. The Labute approximate surface area is 108 Å². The van der Waals surface area contributed by atoms with E-state index >= 15 is 0 Å². The van der Waals surface area contributed by atoms with Gasteiger partial charge in [0, 0.05) is 25.3 Å². The van der Waals surface area contributed by atoms with E-state index in [2.05, 4.69) is 16.9 Å². The van der Waals surface area contributed by atoms with Crippen LogP contribution in [0.2, 0.25) is 0 Å². The molecule has 3 rings (SSSR count). The molecular weight excluding hydrogens is 228 g/mol. The summed E-state index contributed by atoms with van der Waals surface area (Å²) in [5, 5.41) is 4.28. The molecule has 0 radical (unpaired) electrons. The fourth-order valence-corrected chi connectivity index (χ4v) is 3.14. The maximum Gasteiger partial charge on any atom is 0.0910 e. The van der Waals surface area contributed by atoms with Crippen LogP contribution in [-0.2, 0) is 11.3 Å². The summed E-state index contributed by atoms with van der Waals surface area (Å²) in [4.78, 5) is 2.53. The van der Waals surface area contributed by atoms with E-state index in [1.165, 1.54) is 19.4 Å². The number of rotatable bonds is 3. The molecule has 0 saturated carbocycles. The van der Waals surface area contributed by atoms with E-state index in [0.717, 1.165) is 25.4 Å². The van der Waals surface area contributed by atoms with Gasteiger partial charge in [-0.25, -0.2) is 0 Å². The second kappa shape index (κ2) is 4.99. The third kappa shape index (κ3) is 2.06. The van der Waals surface area contributed by atoms with Gasteiger partial charge in [0.15, 0.2) is 0 Å². The zero-order valence-electron chi connectivity index (χ0n) is 11.0. The van der Waals surface area contributed by atoms with Crippen LogP contribution >= 0.6 is 0 Å². The first-order valence-electron chi connectivity index (χ1n) is 6.92. The van der Waals surface area contributed by atoms with Crippen molar-refractivity contribution in [3.63, 3.8) is 0 Å². The predicted octanol–water partition coefficient (Wildman–Crippen LogP) is 0.766. The van der Waals surface area contributed by atoms with Gasteiger partial charge < -0.3 is 10.5 Å². The first-order chi connectivity index (χ1) is 8.79. The monoisotopic (exact) mass is 250 g/mol. The van der Waals surface area contributed by atoms with Gasteiger partial charge >= 0.3 is 0 Å². The van der Waals surface area contributed by atoms with Crippen molar-refractivity contribution in [1.82, 2.24) is 14.7 Å². The number of morpholine rings is 1. The van der Waals surface area contributed by atoms with Gasteiger partial charge in [0.25, 0.3) is 0 Å². The highest BCUT2D eigenvalue weighted by atomic mass is 16.5. The van der Waals surface area contributed by atoms with Crippen molar-refractivity contribution in [3.05, 3.63) is 18.0 Å². The van der Waals surface area contributed by atoms with Gasteiger partial charge in [-0.3, -0.25) is 9.58 Å². The Bertz CT molecular complexity index is 405. The molecule has 18 heavy (non-hydrogen) atoms. The summed E-state index contributed by atoms with van der Waals surface area (Å²) < 4.78 is 7.93. The van der Waals surface area contributed by atoms with Crippen molar-refractivity contribution in [1.29, 1.82) is 0 Å². The third-order valence-corrected chi connectivity index (χ3v) is 4.21. The fourth-order valence-electron chi connectivity index (χ4n) is 3.14. The Morgan fingerprint density at radius 1 is 1.61 bits per heavy atom. The summed E-state index contributed by atoms with van der Waals surface area (Å²) in [5.41, 5.74) is 7.44. The molecule has 100 valence electrons. The highest BCUT2D eigenvalue weighted by Crippen LogP contribution is 2.27. The van der Waals surface area contributed by atoms with Gasteiger partial charge in [0.1, 0.15) is 0 Å². The smallest absolute Gasteiger partial charge is 0.0910 e.